The first-order valence-corrected chi connectivity index (χ1v) is 13.3. The van der Waals surface area contributed by atoms with Crippen molar-refractivity contribution in [2.45, 2.75) is 39.0 Å². The molecule has 0 saturated carbocycles. The maximum atomic E-state index is 12.8. The average Bonchev–Trinajstić information content (AvgIpc) is 2.92. The molecule has 2 aromatic rings. The molecule has 9 nitrogen and oxygen atoms in total. The Labute approximate surface area is 223 Å². The third kappa shape index (κ3) is 7.62. The van der Waals surface area contributed by atoms with E-state index in [2.05, 4.69) is 24.1 Å². The van der Waals surface area contributed by atoms with E-state index in [9.17, 15) is 9.59 Å². The first-order chi connectivity index (χ1) is 17.9. The summed E-state index contributed by atoms with van der Waals surface area (Å²) in [5.74, 6) is 1.25. The molecule has 3 rings (SSSR count). The van der Waals surface area contributed by atoms with Gasteiger partial charge >= 0.3 is 11.3 Å². The molecule has 1 aliphatic heterocycles. The number of hydrogen-bond donors (Lipinski definition) is 1. The van der Waals surface area contributed by atoms with E-state index in [0.29, 0.717) is 36.9 Å². The van der Waals surface area contributed by atoms with E-state index in [1.807, 2.05) is 37.3 Å². The Bertz CT molecular complexity index is 1090. The van der Waals surface area contributed by atoms with Gasteiger partial charge in [-0.05, 0) is 55.4 Å². The normalized spacial score (nSPS) is 15.4. The molecule has 0 fully saturated rings. The number of benzene rings is 2. The molecular weight excluding hydrogens is 492 g/mol. The summed E-state index contributed by atoms with van der Waals surface area (Å²) in [5.41, 5.74) is 3.21. The summed E-state index contributed by atoms with van der Waals surface area (Å²) in [5, 5.41) is 8.80. The van der Waals surface area contributed by atoms with Crippen LogP contribution in [-0.4, -0.2) is 72.7 Å². The molecule has 200 valence electrons. The maximum Gasteiger partial charge on any atom is 0.411 e. The van der Waals surface area contributed by atoms with E-state index in [0.717, 1.165) is 36.3 Å². The SMILES string of the molecule is CCC1SC(=O)N(Cc2ccc(NC(=O)OCCN(CC)CC)cc2)N=C1c1ccc(OC)c(OC)c1. The lowest BCUT2D eigenvalue weighted by atomic mass is 10.0. The van der Waals surface area contributed by atoms with Gasteiger partial charge in [-0.3, -0.25) is 10.1 Å². The van der Waals surface area contributed by atoms with Crippen LogP contribution in [0.1, 0.15) is 38.3 Å². The lowest BCUT2D eigenvalue weighted by Gasteiger charge is -2.28. The van der Waals surface area contributed by atoms with Crippen LogP contribution in [0, 0.1) is 0 Å². The molecule has 2 aromatic carbocycles. The molecule has 0 spiro atoms. The van der Waals surface area contributed by atoms with E-state index in [4.69, 9.17) is 19.3 Å². The number of hydrazone groups is 1. The number of methoxy groups -OCH3 is 2. The van der Waals surface area contributed by atoms with Crippen LogP contribution in [0.2, 0.25) is 0 Å². The smallest absolute Gasteiger partial charge is 0.411 e. The molecule has 1 atom stereocenters. The van der Waals surface area contributed by atoms with Crippen LogP contribution in [0.4, 0.5) is 15.3 Å². The van der Waals surface area contributed by atoms with Gasteiger partial charge in [0, 0.05) is 17.8 Å². The summed E-state index contributed by atoms with van der Waals surface area (Å²) in [7, 11) is 3.19. The third-order valence-corrected chi connectivity index (χ3v) is 7.36. The highest BCUT2D eigenvalue weighted by Gasteiger charge is 2.30. The third-order valence-electron chi connectivity index (χ3n) is 6.11. The summed E-state index contributed by atoms with van der Waals surface area (Å²) in [4.78, 5) is 27.1. The molecule has 0 radical (unpaired) electrons. The summed E-state index contributed by atoms with van der Waals surface area (Å²) in [6.45, 7) is 9.37. The van der Waals surface area contributed by atoms with E-state index in [1.165, 1.54) is 16.8 Å². The Morgan fingerprint density at radius 2 is 1.76 bits per heavy atom. The van der Waals surface area contributed by atoms with Crippen molar-refractivity contribution in [1.82, 2.24) is 9.91 Å². The van der Waals surface area contributed by atoms with Crippen molar-refractivity contribution in [3.8, 4) is 11.5 Å². The van der Waals surface area contributed by atoms with E-state index >= 15 is 0 Å². The molecule has 1 aliphatic rings. The molecule has 10 heteroatoms. The number of amides is 2. The maximum absolute atomic E-state index is 12.8. The zero-order valence-corrected chi connectivity index (χ0v) is 23.0. The van der Waals surface area contributed by atoms with E-state index < -0.39 is 6.09 Å². The number of carbonyl (C=O) groups excluding carboxylic acids is 2. The van der Waals surface area contributed by atoms with Crippen LogP contribution in [0.5, 0.6) is 11.5 Å². The molecule has 0 aliphatic carbocycles. The first kappa shape index (κ1) is 28.3. The number of nitrogens with one attached hydrogen (secondary N) is 1. The average molecular weight is 529 g/mol. The first-order valence-electron chi connectivity index (χ1n) is 12.5. The Morgan fingerprint density at radius 1 is 1.05 bits per heavy atom. The monoisotopic (exact) mass is 528 g/mol. The zero-order valence-electron chi connectivity index (χ0n) is 22.2. The van der Waals surface area contributed by atoms with Gasteiger partial charge in [-0.1, -0.05) is 44.7 Å². The van der Waals surface area contributed by atoms with Crippen LogP contribution in [0.25, 0.3) is 0 Å². The lowest BCUT2D eigenvalue weighted by molar-refractivity contribution is 0.142. The van der Waals surface area contributed by atoms with Gasteiger partial charge in [0.1, 0.15) is 6.61 Å². The standard InChI is InChI=1S/C27H36N4O5S/c1-6-24-25(20-11-14-22(34-4)23(17-20)35-5)29-31(27(33)37-24)18-19-9-12-21(13-10-19)28-26(32)36-16-15-30(7-2)8-3/h9-14,17,24H,6-8,15-16,18H2,1-5H3,(H,28,32). The van der Waals surface area contributed by atoms with Gasteiger partial charge in [0.2, 0.25) is 0 Å². The Morgan fingerprint density at radius 3 is 2.38 bits per heavy atom. The minimum atomic E-state index is -0.489. The quantitative estimate of drug-likeness (QED) is 0.392. The minimum Gasteiger partial charge on any atom is -0.493 e. The van der Waals surface area contributed by atoms with Crippen molar-refractivity contribution in [1.29, 1.82) is 0 Å². The molecule has 1 unspecified atom stereocenters. The second-order valence-electron chi connectivity index (χ2n) is 8.38. The van der Waals surface area contributed by atoms with Crippen LogP contribution in [0.3, 0.4) is 0 Å². The number of likely N-dealkylation sites (N-methyl/N-ethyl adjacent to an activating group) is 1. The summed E-state index contributed by atoms with van der Waals surface area (Å²) in [6.07, 6.45) is 0.278. The fourth-order valence-electron chi connectivity index (χ4n) is 3.92. The molecular formula is C27H36N4O5S. The number of hydrogen-bond acceptors (Lipinski definition) is 8. The highest BCUT2D eigenvalue weighted by atomic mass is 32.2. The molecule has 0 saturated heterocycles. The van der Waals surface area contributed by atoms with Gasteiger partial charge < -0.3 is 19.1 Å². The van der Waals surface area contributed by atoms with Crippen molar-refractivity contribution in [2.75, 3.05) is 45.8 Å². The van der Waals surface area contributed by atoms with Gasteiger partial charge in [-0.15, -0.1) is 0 Å². The second kappa shape index (κ2) is 13.9. The molecule has 0 aromatic heterocycles. The zero-order chi connectivity index (χ0) is 26.8. The number of nitrogens with zero attached hydrogens (tertiary/aromatic N) is 3. The number of rotatable bonds is 12. The van der Waals surface area contributed by atoms with Gasteiger partial charge in [0.25, 0.3) is 0 Å². The minimum absolute atomic E-state index is 0.0545. The van der Waals surface area contributed by atoms with Gasteiger partial charge in [-0.25, -0.2) is 9.80 Å². The number of thioether (sulfide) groups is 1. The van der Waals surface area contributed by atoms with Gasteiger partial charge in [0.05, 0.1) is 31.7 Å². The van der Waals surface area contributed by atoms with E-state index in [1.54, 1.807) is 26.4 Å². The highest BCUT2D eigenvalue weighted by Crippen LogP contribution is 2.33. The van der Waals surface area contributed by atoms with Gasteiger partial charge in [0.15, 0.2) is 11.5 Å². The van der Waals surface area contributed by atoms with Crippen LogP contribution >= 0.6 is 11.8 Å². The topological polar surface area (TPSA) is 92.7 Å². The molecule has 0 bridgehead atoms. The van der Waals surface area contributed by atoms with Crippen molar-refractivity contribution >= 4 is 34.5 Å². The van der Waals surface area contributed by atoms with Crippen molar-refractivity contribution in [3.05, 3.63) is 53.6 Å². The van der Waals surface area contributed by atoms with Gasteiger partial charge in [-0.2, -0.15) is 5.10 Å². The largest absolute Gasteiger partial charge is 0.493 e. The van der Waals surface area contributed by atoms with Crippen molar-refractivity contribution in [3.63, 3.8) is 0 Å². The number of carbonyl (C=O) groups is 2. The number of anilines is 1. The van der Waals surface area contributed by atoms with Crippen molar-refractivity contribution in [2.24, 2.45) is 5.10 Å². The second-order valence-corrected chi connectivity index (χ2v) is 9.53. The fraction of sp³-hybridized carbons (Fsp3) is 0.444. The summed E-state index contributed by atoms with van der Waals surface area (Å²) >= 11 is 1.27. The molecule has 1 N–H and O–H groups in total. The highest BCUT2D eigenvalue weighted by molar-refractivity contribution is 8.14. The fourth-order valence-corrected chi connectivity index (χ4v) is 4.85. The van der Waals surface area contributed by atoms with Crippen LogP contribution < -0.4 is 14.8 Å². The summed E-state index contributed by atoms with van der Waals surface area (Å²) in [6, 6.07) is 13.0. The Kier molecular flexibility index (Phi) is 10.6. The predicted octanol–water partition coefficient (Wildman–Crippen LogP) is 5.45. The van der Waals surface area contributed by atoms with Crippen molar-refractivity contribution < 1.29 is 23.8 Å². The predicted molar refractivity (Wildman–Crippen MR) is 148 cm³/mol. The Hall–Kier alpha value is -3.24. The Balaban J connectivity index is 1.67. The molecule has 37 heavy (non-hydrogen) atoms. The van der Waals surface area contributed by atoms with Crippen LogP contribution in [-0.2, 0) is 11.3 Å². The molecule has 2 amide bonds. The van der Waals surface area contributed by atoms with E-state index in [-0.39, 0.29) is 10.5 Å². The summed E-state index contributed by atoms with van der Waals surface area (Å²) < 4.78 is 16.1. The lowest BCUT2D eigenvalue weighted by Crippen LogP contribution is -2.34. The number of ether oxygens (including phenoxy) is 3. The van der Waals surface area contributed by atoms with Crippen LogP contribution in [0.15, 0.2) is 47.6 Å². The molecule has 1 heterocycles.